The zero-order valence-electron chi connectivity index (χ0n) is 20.0. The summed E-state index contributed by atoms with van der Waals surface area (Å²) in [4.78, 5) is 32.9. The van der Waals surface area contributed by atoms with Gasteiger partial charge in [0.25, 0.3) is 0 Å². The summed E-state index contributed by atoms with van der Waals surface area (Å²) in [6.45, 7) is 11.6. The van der Waals surface area contributed by atoms with Crippen molar-refractivity contribution in [2.45, 2.75) is 45.8 Å². The molecule has 0 aliphatic carbocycles. The molecule has 0 aromatic carbocycles. The predicted molar refractivity (Wildman–Crippen MR) is 133 cm³/mol. The maximum Gasteiger partial charge on any atom is 0.410 e. The second-order valence-electron chi connectivity index (χ2n) is 9.92. The van der Waals surface area contributed by atoms with Gasteiger partial charge in [-0.05, 0) is 40.2 Å². The van der Waals surface area contributed by atoms with Gasteiger partial charge in [-0.3, -0.25) is 4.57 Å². The van der Waals surface area contributed by atoms with E-state index in [1.807, 2.05) is 31.4 Å². The van der Waals surface area contributed by atoms with E-state index >= 15 is 0 Å². The Morgan fingerprint density at radius 3 is 2.59 bits per heavy atom. The van der Waals surface area contributed by atoms with Crippen LogP contribution in [-0.2, 0) is 4.74 Å². The molecule has 2 aliphatic heterocycles. The maximum absolute atomic E-state index is 12.6. The summed E-state index contributed by atoms with van der Waals surface area (Å²) in [7, 11) is 0. The molecule has 2 aliphatic rings. The molecular weight excluding hydrogens is 454 g/mol. The molecule has 0 spiro atoms. The van der Waals surface area contributed by atoms with Crippen molar-refractivity contribution in [1.82, 2.24) is 24.4 Å². The normalized spacial score (nSPS) is 18.9. The number of amides is 1. The molecular formula is C24H30ClN7O2. The Morgan fingerprint density at radius 1 is 1.15 bits per heavy atom. The van der Waals surface area contributed by atoms with Crippen LogP contribution in [0.5, 0.6) is 0 Å². The molecule has 1 amide bonds. The third-order valence-corrected chi connectivity index (χ3v) is 6.48. The molecule has 0 bridgehead atoms. The lowest BCUT2D eigenvalue weighted by Gasteiger charge is -2.41. The Labute approximate surface area is 204 Å². The first-order valence-corrected chi connectivity index (χ1v) is 12.1. The third kappa shape index (κ3) is 4.24. The van der Waals surface area contributed by atoms with Crippen LogP contribution in [-0.4, -0.2) is 74.9 Å². The summed E-state index contributed by atoms with van der Waals surface area (Å²) in [5, 5.41) is 1.63. The van der Waals surface area contributed by atoms with Crippen LogP contribution in [0.1, 0.15) is 34.1 Å². The van der Waals surface area contributed by atoms with Gasteiger partial charge in [0.05, 0.1) is 11.1 Å². The minimum Gasteiger partial charge on any atom is -0.444 e. The first kappa shape index (κ1) is 22.7. The summed E-state index contributed by atoms with van der Waals surface area (Å²) in [6, 6.07) is 3.67. The summed E-state index contributed by atoms with van der Waals surface area (Å²) in [5.41, 5.74) is 1.38. The SMILES string of the molecule is CC1CN(C(=O)OC(C)(C)C)CCN1c1ncnc2c1c(N1CCC1)cn2-c1cc(Cl)ccn1. The highest BCUT2D eigenvalue weighted by atomic mass is 35.5. The van der Waals surface area contributed by atoms with Crippen LogP contribution in [0.3, 0.4) is 0 Å². The summed E-state index contributed by atoms with van der Waals surface area (Å²) < 4.78 is 7.57. The van der Waals surface area contributed by atoms with E-state index in [2.05, 4.69) is 32.9 Å². The predicted octanol–water partition coefficient (Wildman–Crippen LogP) is 4.12. The van der Waals surface area contributed by atoms with E-state index in [0.717, 1.165) is 47.9 Å². The van der Waals surface area contributed by atoms with Gasteiger partial charge < -0.3 is 19.4 Å². The lowest BCUT2D eigenvalue weighted by molar-refractivity contribution is 0.0218. The second-order valence-corrected chi connectivity index (χ2v) is 10.4. The number of ether oxygens (including phenoxy) is 1. The summed E-state index contributed by atoms with van der Waals surface area (Å²) in [6.07, 6.45) is 6.28. The standard InChI is InChI=1S/C24H30ClN7O2/c1-16-13-30(23(33)34-24(2,3)4)10-11-31(16)21-20-18(29-8-5-9-29)14-32(22(20)28-15-27-21)19-12-17(25)6-7-26-19/h6-7,12,14-16H,5,8-11,13H2,1-4H3. The fraction of sp³-hybridized carbons (Fsp3) is 0.500. The number of hydrogen-bond donors (Lipinski definition) is 0. The van der Waals surface area contributed by atoms with Gasteiger partial charge in [-0.25, -0.2) is 19.7 Å². The quantitative estimate of drug-likeness (QED) is 0.554. The highest BCUT2D eigenvalue weighted by molar-refractivity contribution is 6.30. The molecule has 1 atom stereocenters. The fourth-order valence-corrected chi connectivity index (χ4v) is 4.66. The van der Waals surface area contributed by atoms with Crippen LogP contribution in [0.25, 0.3) is 16.9 Å². The molecule has 0 saturated carbocycles. The minimum atomic E-state index is -0.514. The van der Waals surface area contributed by atoms with Gasteiger partial charge in [0.2, 0.25) is 0 Å². The summed E-state index contributed by atoms with van der Waals surface area (Å²) in [5.74, 6) is 1.60. The lowest BCUT2D eigenvalue weighted by atomic mass is 10.1. The van der Waals surface area contributed by atoms with Crippen molar-refractivity contribution < 1.29 is 9.53 Å². The number of rotatable bonds is 3. The van der Waals surface area contributed by atoms with E-state index in [-0.39, 0.29) is 12.1 Å². The number of anilines is 2. The zero-order chi connectivity index (χ0) is 24.0. The molecule has 2 fully saturated rings. The molecule has 0 N–H and O–H groups in total. The Bertz CT molecular complexity index is 1220. The zero-order valence-corrected chi connectivity index (χ0v) is 20.8. The van der Waals surface area contributed by atoms with E-state index in [1.165, 1.54) is 0 Å². The number of carbonyl (C=O) groups is 1. The van der Waals surface area contributed by atoms with Crippen LogP contribution in [0.15, 0.2) is 30.9 Å². The van der Waals surface area contributed by atoms with Gasteiger partial charge in [0, 0.05) is 62.2 Å². The molecule has 1 unspecified atom stereocenters. The Kier molecular flexibility index (Phi) is 5.75. The third-order valence-electron chi connectivity index (χ3n) is 6.25. The largest absolute Gasteiger partial charge is 0.444 e. The molecule has 5 heterocycles. The minimum absolute atomic E-state index is 0.0660. The molecule has 9 nitrogen and oxygen atoms in total. The summed E-state index contributed by atoms with van der Waals surface area (Å²) >= 11 is 6.26. The van der Waals surface area contributed by atoms with Crippen molar-refractivity contribution in [2.75, 3.05) is 42.5 Å². The average Bonchev–Trinajstić information content (AvgIpc) is 3.11. The molecule has 0 radical (unpaired) electrons. The molecule has 3 aromatic heterocycles. The smallest absolute Gasteiger partial charge is 0.410 e. The van der Waals surface area contributed by atoms with Crippen LogP contribution in [0, 0.1) is 0 Å². The van der Waals surface area contributed by atoms with E-state index in [1.54, 1.807) is 23.5 Å². The van der Waals surface area contributed by atoms with Crippen LogP contribution in [0.4, 0.5) is 16.3 Å². The van der Waals surface area contributed by atoms with Crippen LogP contribution in [0.2, 0.25) is 5.02 Å². The van der Waals surface area contributed by atoms with Crippen molar-refractivity contribution in [2.24, 2.45) is 0 Å². The molecule has 2 saturated heterocycles. The van der Waals surface area contributed by atoms with Gasteiger partial charge in [-0.2, -0.15) is 0 Å². The topological polar surface area (TPSA) is 79.6 Å². The van der Waals surface area contributed by atoms with Crippen molar-refractivity contribution >= 4 is 40.2 Å². The number of hydrogen-bond acceptors (Lipinski definition) is 7. The lowest BCUT2D eigenvalue weighted by Crippen LogP contribution is -2.55. The average molecular weight is 484 g/mol. The fourth-order valence-electron chi connectivity index (χ4n) is 4.51. The highest BCUT2D eigenvalue weighted by Gasteiger charge is 2.33. The number of carbonyl (C=O) groups excluding carboxylic acids is 1. The second kappa shape index (κ2) is 8.61. The molecule has 5 rings (SSSR count). The van der Waals surface area contributed by atoms with Crippen LogP contribution < -0.4 is 9.80 Å². The highest BCUT2D eigenvalue weighted by Crippen LogP contribution is 2.38. The molecule has 3 aromatic rings. The van der Waals surface area contributed by atoms with Gasteiger partial charge in [0.1, 0.15) is 23.6 Å². The maximum atomic E-state index is 12.6. The molecule has 34 heavy (non-hydrogen) atoms. The monoisotopic (exact) mass is 483 g/mol. The van der Waals surface area contributed by atoms with E-state index in [9.17, 15) is 4.79 Å². The van der Waals surface area contributed by atoms with Crippen LogP contribution >= 0.6 is 11.6 Å². The number of fused-ring (bicyclic) bond motifs is 1. The molecule has 180 valence electrons. The number of pyridine rings is 1. The van der Waals surface area contributed by atoms with Crippen molar-refractivity contribution in [3.63, 3.8) is 0 Å². The van der Waals surface area contributed by atoms with Gasteiger partial charge in [0.15, 0.2) is 5.65 Å². The Morgan fingerprint density at radius 2 is 1.94 bits per heavy atom. The van der Waals surface area contributed by atoms with E-state index < -0.39 is 5.60 Å². The number of piperazine rings is 1. The first-order chi connectivity index (χ1) is 16.2. The number of aromatic nitrogens is 4. The van der Waals surface area contributed by atoms with Crippen molar-refractivity contribution in [3.8, 4) is 5.82 Å². The van der Waals surface area contributed by atoms with Gasteiger partial charge >= 0.3 is 6.09 Å². The Balaban J connectivity index is 1.51. The molecule has 10 heteroatoms. The van der Waals surface area contributed by atoms with Gasteiger partial charge in [-0.15, -0.1) is 0 Å². The van der Waals surface area contributed by atoms with Gasteiger partial charge in [-0.1, -0.05) is 11.6 Å². The van der Waals surface area contributed by atoms with E-state index in [0.29, 0.717) is 24.7 Å². The first-order valence-electron chi connectivity index (χ1n) is 11.7. The van der Waals surface area contributed by atoms with Crippen molar-refractivity contribution in [1.29, 1.82) is 0 Å². The number of halogens is 1. The van der Waals surface area contributed by atoms with Crippen molar-refractivity contribution in [3.05, 3.63) is 35.9 Å². The number of nitrogens with zero attached hydrogens (tertiary/aromatic N) is 7. The van der Waals surface area contributed by atoms with E-state index in [4.69, 9.17) is 21.3 Å². The Hall–Kier alpha value is -3.07.